The van der Waals surface area contributed by atoms with Crippen molar-refractivity contribution in [1.82, 2.24) is 30.3 Å². The van der Waals surface area contributed by atoms with Crippen LogP contribution in [0.1, 0.15) is 30.6 Å². The number of aromatic amines is 1. The van der Waals surface area contributed by atoms with E-state index in [-0.39, 0.29) is 0 Å². The minimum atomic E-state index is -0.598. The first-order valence-electron chi connectivity index (χ1n) is 8.85. The number of aryl methyl sites for hydroxylation is 1. The number of para-hydroxylation sites is 1. The Labute approximate surface area is 151 Å². The van der Waals surface area contributed by atoms with Gasteiger partial charge in [0.1, 0.15) is 0 Å². The molecule has 7 nitrogen and oxygen atoms in total. The summed E-state index contributed by atoms with van der Waals surface area (Å²) in [6, 6.07) is 12.3. The molecule has 3 aromatic heterocycles. The fourth-order valence-electron chi connectivity index (χ4n) is 3.20. The largest absolute Gasteiger partial charge is 0.387 e. The highest BCUT2D eigenvalue weighted by atomic mass is 16.3. The lowest BCUT2D eigenvalue weighted by molar-refractivity contribution is 0.169. The van der Waals surface area contributed by atoms with Crippen molar-refractivity contribution in [3.63, 3.8) is 0 Å². The molecule has 1 aromatic carbocycles. The molecule has 0 unspecified atom stereocenters. The van der Waals surface area contributed by atoms with Gasteiger partial charge in [0.2, 0.25) is 0 Å². The van der Waals surface area contributed by atoms with Gasteiger partial charge in [-0.3, -0.25) is 0 Å². The molecule has 3 heterocycles. The highest BCUT2D eigenvalue weighted by Crippen LogP contribution is 2.19. The van der Waals surface area contributed by atoms with Crippen LogP contribution in [0.4, 0.5) is 0 Å². The molecule has 3 N–H and O–H groups in total. The molecule has 0 saturated heterocycles. The fraction of sp³-hybridized carbons (Fsp3) is 0.316. The number of hydrogen-bond donors (Lipinski definition) is 3. The van der Waals surface area contributed by atoms with E-state index in [0.717, 1.165) is 18.4 Å². The van der Waals surface area contributed by atoms with Crippen molar-refractivity contribution in [3.05, 3.63) is 59.9 Å². The van der Waals surface area contributed by atoms with E-state index in [1.807, 2.05) is 12.1 Å². The van der Waals surface area contributed by atoms with Crippen LogP contribution in [0.5, 0.6) is 0 Å². The van der Waals surface area contributed by atoms with E-state index in [4.69, 9.17) is 0 Å². The van der Waals surface area contributed by atoms with E-state index in [0.29, 0.717) is 18.2 Å². The summed E-state index contributed by atoms with van der Waals surface area (Å²) >= 11 is 0. The lowest BCUT2D eigenvalue weighted by atomic mass is 10.0. The Hall–Kier alpha value is -2.77. The lowest BCUT2D eigenvalue weighted by Gasteiger charge is -2.17. The van der Waals surface area contributed by atoms with Crippen molar-refractivity contribution in [2.45, 2.75) is 31.9 Å². The van der Waals surface area contributed by atoms with E-state index in [2.05, 4.69) is 57.1 Å². The molecule has 2 atom stereocenters. The average molecular weight is 350 g/mol. The predicted molar refractivity (Wildman–Crippen MR) is 99.8 cm³/mol. The Bertz CT molecular complexity index is 1010. The molecule has 0 bridgehead atoms. The van der Waals surface area contributed by atoms with Crippen LogP contribution in [0.15, 0.2) is 48.8 Å². The maximum absolute atomic E-state index is 10.4. The zero-order valence-electron chi connectivity index (χ0n) is 14.6. The standard InChI is InChI=1S/C19H22N6O/c1-13(6-7-14-10-21-17-5-3-2-4-16(14)17)20-11-18(26)15-8-9-19-22-23-24-25(19)12-15/h2-5,8-10,12-13,18,20-21,26H,6-7,11H2,1H3/t13-,18+/m1/s1. The molecular formula is C19H22N6O. The summed E-state index contributed by atoms with van der Waals surface area (Å²) in [7, 11) is 0. The van der Waals surface area contributed by atoms with E-state index >= 15 is 0 Å². The highest BCUT2D eigenvalue weighted by molar-refractivity contribution is 5.82. The molecule has 7 heteroatoms. The van der Waals surface area contributed by atoms with Gasteiger partial charge in [-0.05, 0) is 47.9 Å². The SMILES string of the molecule is C[C@H](CCc1c[nH]c2ccccc12)NC[C@H](O)c1ccc2nnnn2c1. The molecule has 0 spiro atoms. The van der Waals surface area contributed by atoms with Gasteiger partial charge in [0.25, 0.3) is 0 Å². The third kappa shape index (κ3) is 3.44. The monoisotopic (exact) mass is 350 g/mol. The number of benzene rings is 1. The lowest BCUT2D eigenvalue weighted by Crippen LogP contribution is -2.30. The summed E-state index contributed by atoms with van der Waals surface area (Å²) in [6.07, 6.45) is 5.25. The van der Waals surface area contributed by atoms with E-state index in [1.165, 1.54) is 16.5 Å². The number of pyridine rings is 1. The number of aliphatic hydroxyl groups excluding tert-OH is 1. The average Bonchev–Trinajstić information content (AvgIpc) is 3.30. The van der Waals surface area contributed by atoms with Crippen LogP contribution in [0.3, 0.4) is 0 Å². The number of aromatic nitrogens is 5. The molecule has 0 amide bonds. The third-order valence-corrected chi connectivity index (χ3v) is 4.78. The second-order valence-corrected chi connectivity index (χ2v) is 6.67. The zero-order chi connectivity index (χ0) is 17.9. The first-order chi connectivity index (χ1) is 12.7. The fourth-order valence-corrected chi connectivity index (χ4v) is 3.20. The van der Waals surface area contributed by atoms with Gasteiger partial charge < -0.3 is 15.4 Å². The molecule has 26 heavy (non-hydrogen) atoms. The summed E-state index contributed by atoms with van der Waals surface area (Å²) in [4.78, 5) is 3.32. The van der Waals surface area contributed by atoms with Crippen molar-refractivity contribution < 1.29 is 5.11 Å². The molecule has 0 radical (unpaired) electrons. The van der Waals surface area contributed by atoms with Crippen LogP contribution in [-0.4, -0.2) is 42.7 Å². The number of H-pyrrole nitrogens is 1. The Balaban J connectivity index is 1.31. The van der Waals surface area contributed by atoms with Crippen LogP contribution in [0, 0.1) is 0 Å². The predicted octanol–water partition coefficient (Wildman–Crippen LogP) is 2.25. The summed E-state index contributed by atoms with van der Waals surface area (Å²) < 4.78 is 1.57. The van der Waals surface area contributed by atoms with Gasteiger partial charge in [-0.25, -0.2) is 4.52 Å². The van der Waals surface area contributed by atoms with E-state index < -0.39 is 6.10 Å². The maximum Gasteiger partial charge on any atom is 0.179 e. The number of rotatable bonds is 7. The Morgan fingerprint density at radius 1 is 1.23 bits per heavy atom. The molecular weight excluding hydrogens is 328 g/mol. The topological polar surface area (TPSA) is 91.1 Å². The molecule has 0 aliphatic carbocycles. The van der Waals surface area contributed by atoms with Gasteiger partial charge in [0, 0.05) is 41.4 Å². The number of hydrogen-bond acceptors (Lipinski definition) is 5. The van der Waals surface area contributed by atoms with Crippen molar-refractivity contribution in [1.29, 1.82) is 0 Å². The summed E-state index contributed by atoms with van der Waals surface area (Å²) in [5, 5.41) is 26.4. The van der Waals surface area contributed by atoms with Crippen LogP contribution >= 0.6 is 0 Å². The number of tetrazole rings is 1. The van der Waals surface area contributed by atoms with Crippen LogP contribution < -0.4 is 5.32 Å². The number of nitrogens with zero attached hydrogens (tertiary/aromatic N) is 4. The molecule has 134 valence electrons. The summed E-state index contributed by atoms with van der Waals surface area (Å²) in [5.74, 6) is 0. The number of nitrogens with one attached hydrogen (secondary N) is 2. The molecule has 0 aliphatic rings. The highest BCUT2D eigenvalue weighted by Gasteiger charge is 2.12. The van der Waals surface area contributed by atoms with Crippen LogP contribution in [0.2, 0.25) is 0 Å². The number of aliphatic hydroxyl groups is 1. The normalized spacial score (nSPS) is 14.1. The van der Waals surface area contributed by atoms with Gasteiger partial charge >= 0.3 is 0 Å². The smallest absolute Gasteiger partial charge is 0.179 e. The van der Waals surface area contributed by atoms with Crippen molar-refractivity contribution in [2.75, 3.05) is 6.54 Å². The minimum absolute atomic E-state index is 0.301. The van der Waals surface area contributed by atoms with Gasteiger partial charge in [-0.2, -0.15) is 0 Å². The minimum Gasteiger partial charge on any atom is -0.387 e. The quantitative estimate of drug-likeness (QED) is 0.475. The first kappa shape index (κ1) is 16.7. The maximum atomic E-state index is 10.4. The second kappa shape index (κ2) is 7.23. The first-order valence-corrected chi connectivity index (χ1v) is 8.85. The van der Waals surface area contributed by atoms with Gasteiger partial charge in [0.05, 0.1) is 6.10 Å². The number of fused-ring (bicyclic) bond motifs is 2. The molecule has 4 rings (SSSR count). The summed E-state index contributed by atoms with van der Waals surface area (Å²) in [5.41, 5.74) is 3.97. The summed E-state index contributed by atoms with van der Waals surface area (Å²) in [6.45, 7) is 2.63. The van der Waals surface area contributed by atoms with Crippen LogP contribution in [0.25, 0.3) is 16.6 Å². The van der Waals surface area contributed by atoms with Gasteiger partial charge in [0.15, 0.2) is 5.65 Å². The van der Waals surface area contributed by atoms with E-state index in [9.17, 15) is 5.11 Å². The molecule has 0 aliphatic heterocycles. The molecule has 0 fully saturated rings. The van der Waals surface area contributed by atoms with E-state index in [1.54, 1.807) is 16.8 Å². The van der Waals surface area contributed by atoms with Crippen molar-refractivity contribution in [3.8, 4) is 0 Å². The zero-order valence-corrected chi connectivity index (χ0v) is 14.6. The Morgan fingerprint density at radius 3 is 3.04 bits per heavy atom. The van der Waals surface area contributed by atoms with Gasteiger partial charge in [-0.15, -0.1) is 5.10 Å². The third-order valence-electron chi connectivity index (χ3n) is 4.78. The van der Waals surface area contributed by atoms with Crippen LogP contribution in [-0.2, 0) is 6.42 Å². The second-order valence-electron chi connectivity index (χ2n) is 6.67. The Kier molecular flexibility index (Phi) is 4.64. The van der Waals surface area contributed by atoms with Gasteiger partial charge in [-0.1, -0.05) is 24.3 Å². The van der Waals surface area contributed by atoms with Crippen molar-refractivity contribution >= 4 is 16.6 Å². The molecule has 0 saturated carbocycles. The Morgan fingerprint density at radius 2 is 2.12 bits per heavy atom. The van der Waals surface area contributed by atoms with Crippen molar-refractivity contribution in [2.24, 2.45) is 0 Å². The molecule has 4 aromatic rings.